The highest BCUT2D eigenvalue weighted by atomic mass is 19.4. The molecule has 10 nitrogen and oxygen atoms in total. The molecule has 252 valence electrons. The van der Waals surface area contributed by atoms with Gasteiger partial charge in [0.1, 0.15) is 0 Å². The van der Waals surface area contributed by atoms with Crippen molar-refractivity contribution in [2.75, 3.05) is 27.2 Å². The third-order valence-electron chi connectivity index (χ3n) is 6.38. The second kappa shape index (κ2) is 16.2. The number of aliphatic carboxylic acids is 2. The Morgan fingerprint density at radius 2 is 1.50 bits per heavy atom. The summed E-state index contributed by atoms with van der Waals surface area (Å²) in [5.74, 6) is -5.94. The summed E-state index contributed by atoms with van der Waals surface area (Å²) in [5.41, 5.74) is 2.12. The Kier molecular flexibility index (Phi) is 13.2. The predicted molar refractivity (Wildman–Crippen MR) is 151 cm³/mol. The highest BCUT2D eigenvalue weighted by Crippen LogP contribution is 2.34. The van der Waals surface area contributed by atoms with Gasteiger partial charge in [0.2, 0.25) is 5.75 Å². The van der Waals surface area contributed by atoms with E-state index in [1.807, 2.05) is 18.2 Å². The first kappa shape index (κ1) is 37.7. The minimum absolute atomic E-state index is 0.0140. The van der Waals surface area contributed by atoms with E-state index in [-0.39, 0.29) is 11.5 Å². The second-order valence-corrected chi connectivity index (χ2v) is 10.1. The van der Waals surface area contributed by atoms with E-state index in [1.54, 1.807) is 25.4 Å². The molecule has 1 aromatic heterocycles. The van der Waals surface area contributed by atoms with Crippen molar-refractivity contribution in [3.05, 3.63) is 76.5 Å². The van der Waals surface area contributed by atoms with Crippen molar-refractivity contribution >= 4 is 11.9 Å². The van der Waals surface area contributed by atoms with E-state index in [1.165, 1.54) is 29.7 Å². The molecule has 2 N–H and O–H groups in total. The Labute approximate surface area is 258 Å². The minimum atomic E-state index is -5.08. The number of likely N-dealkylation sites (N-methyl/N-ethyl adjacent to an activating group) is 1. The van der Waals surface area contributed by atoms with Gasteiger partial charge in [-0.1, -0.05) is 36.4 Å². The Bertz CT molecular complexity index is 1520. The lowest BCUT2D eigenvalue weighted by Gasteiger charge is -2.28. The number of hydrogen-bond donors (Lipinski definition) is 2. The minimum Gasteiger partial charge on any atom is -0.475 e. The highest BCUT2D eigenvalue weighted by Gasteiger charge is 2.39. The van der Waals surface area contributed by atoms with Crippen LogP contribution in [0.15, 0.2) is 59.5 Å². The third-order valence-corrected chi connectivity index (χ3v) is 6.38. The first-order chi connectivity index (χ1) is 21.3. The average Bonchev–Trinajstić information content (AvgIpc) is 3.38. The van der Waals surface area contributed by atoms with Crippen LogP contribution in [0.2, 0.25) is 0 Å². The fraction of sp³-hybridized carbons (Fsp3) is 0.379. The van der Waals surface area contributed by atoms with Gasteiger partial charge in [-0.15, -0.1) is 0 Å². The summed E-state index contributed by atoms with van der Waals surface area (Å²) >= 11 is 0. The lowest BCUT2D eigenvalue weighted by molar-refractivity contribution is -0.193. The molecule has 2 heterocycles. The molecule has 1 saturated heterocycles. The maximum Gasteiger partial charge on any atom is 0.490 e. The molecular weight excluding hydrogens is 633 g/mol. The van der Waals surface area contributed by atoms with Gasteiger partial charge >= 0.3 is 29.9 Å². The molecule has 2 aromatic carbocycles. The lowest BCUT2D eigenvalue weighted by atomic mass is 10.00. The van der Waals surface area contributed by atoms with Gasteiger partial charge in [0, 0.05) is 26.2 Å². The summed E-state index contributed by atoms with van der Waals surface area (Å²) in [4.78, 5) is 35.4. The van der Waals surface area contributed by atoms with E-state index in [9.17, 15) is 35.5 Å². The molecule has 0 saturated carbocycles. The molecule has 1 fully saturated rings. The van der Waals surface area contributed by atoms with E-state index in [0.29, 0.717) is 11.6 Å². The number of alkyl halides is 6. The quantitative estimate of drug-likeness (QED) is 0.329. The van der Waals surface area contributed by atoms with Crippen molar-refractivity contribution < 1.29 is 55.3 Å². The van der Waals surface area contributed by atoms with Crippen LogP contribution in [0.5, 0.6) is 11.5 Å². The van der Waals surface area contributed by atoms with Gasteiger partial charge in [0.05, 0.1) is 11.8 Å². The summed E-state index contributed by atoms with van der Waals surface area (Å²) in [7, 11) is 5.76. The molecule has 1 aliphatic heterocycles. The average molecular weight is 665 g/mol. The molecule has 46 heavy (non-hydrogen) atoms. The third kappa shape index (κ3) is 11.1. The van der Waals surface area contributed by atoms with Crippen LogP contribution in [0.1, 0.15) is 18.4 Å². The SMILES string of the molecule is CN(C)CC1CCCN1Cc1ccccc1-c1cnn(C)c(=O)c1Oc1ccccc1F.O=C(O)C(F)(F)F.O=C(O)C(F)(F)F. The fourth-order valence-corrected chi connectivity index (χ4v) is 4.32. The zero-order valence-electron chi connectivity index (χ0n) is 24.8. The van der Waals surface area contributed by atoms with Crippen molar-refractivity contribution in [3.63, 3.8) is 0 Å². The molecule has 0 amide bonds. The first-order valence-electron chi connectivity index (χ1n) is 13.4. The van der Waals surface area contributed by atoms with Crippen LogP contribution in [0.3, 0.4) is 0 Å². The molecule has 0 spiro atoms. The Hall–Kier alpha value is -4.51. The maximum absolute atomic E-state index is 14.3. The van der Waals surface area contributed by atoms with Crippen LogP contribution in [0.4, 0.5) is 30.7 Å². The second-order valence-electron chi connectivity index (χ2n) is 10.1. The number of nitrogens with zero attached hydrogens (tertiary/aromatic N) is 4. The Morgan fingerprint density at radius 1 is 0.957 bits per heavy atom. The number of carbonyl (C=O) groups is 2. The molecule has 1 aliphatic rings. The summed E-state index contributed by atoms with van der Waals surface area (Å²) in [6.07, 6.45) is -6.19. The number of carboxylic acid groups (broad SMARTS) is 2. The molecule has 0 radical (unpaired) electrons. The van der Waals surface area contributed by atoms with Crippen LogP contribution in [-0.4, -0.2) is 87.3 Å². The summed E-state index contributed by atoms with van der Waals surface area (Å²) in [6, 6.07) is 14.6. The molecule has 1 unspecified atom stereocenters. The number of rotatable bonds is 7. The Balaban J connectivity index is 0.000000440. The van der Waals surface area contributed by atoms with Crippen molar-refractivity contribution in [1.82, 2.24) is 19.6 Å². The molecule has 0 bridgehead atoms. The first-order valence-corrected chi connectivity index (χ1v) is 13.4. The van der Waals surface area contributed by atoms with Crippen LogP contribution < -0.4 is 10.3 Å². The summed E-state index contributed by atoms with van der Waals surface area (Å²) in [6.45, 7) is 2.82. The number of aryl methyl sites for hydroxylation is 1. The van der Waals surface area contributed by atoms with E-state index >= 15 is 0 Å². The number of carboxylic acids is 2. The van der Waals surface area contributed by atoms with E-state index < -0.39 is 35.7 Å². The van der Waals surface area contributed by atoms with Crippen molar-refractivity contribution in [2.45, 2.75) is 37.8 Å². The normalized spacial score (nSPS) is 15.0. The smallest absolute Gasteiger partial charge is 0.475 e. The van der Waals surface area contributed by atoms with E-state index in [4.69, 9.17) is 24.5 Å². The highest BCUT2D eigenvalue weighted by molar-refractivity contribution is 5.73. The Morgan fingerprint density at radius 3 is 2.04 bits per heavy atom. The lowest BCUT2D eigenvalue weighted by Crippen LogP contribution is -2.37. The van der Waals surface area contributed by atoms with Gasteiger partial charge in [0.15, 0.2) is 11.6 Å². The van der Waals surface area contributed by atoms with Gasteiger partial charge in [-0.2, -0.15) is 31.4 Å². The zero-order valence-corrected chi connectivity index (χ0v) is 24.8. The van der Waals surface area contributed by atoms with Gasteiger partial charge in [0.25, 0.3) is 0 Å². The number of halogens is 7. The van der Waals surface area contributed by atoms with Gasteiger partial charge in [-0.05, 0) is 56.7 Å². The zero-order chi connectivity index (χ0) is 34.8. The number of ether oxygens (including phenoxy) is 1. The number of hydrogen-bond acceptors (Lipinski definition) is 7. The van der Waals surface area contributed by atoms with Crippen molar-refractivity contribution in [3.8, 4) is 22.6 Å². The maximum atomic E-state index is 14.3. The monoisotopic (exact) mass is 664 g/mol. The largest absolute Gasteiger partial charge is 0.490 e. The van der Waals surface area contributed by atoms with Crippen molar-refractivity contribution in [1.29, 1.82) is 0 Å². The van der Waals surface area contributed by atoms with Crippen LogP contribution in [0, 0.1) is 5.82 Å². The molecule has 3 aromatic rings. The molecule has 1 atom stereocenters. The van der Waals surface area contributed by atoms with E-state index in [2.05, 4.69) is 35.1 Å². The van der Waals surface area contributed by atoms with Gasteiger partial charge in [-0.25, -0.2) is 18.7 Å². The fourth-order valence-electron chi connectivity index (χ4n) is 4.32. The van der Waals surface area contributed by atoms with Gasteiger partial charge < -0.3 is 19.8 Å². The predicted octanol–water partition coefficient (Wildman–Crippen LogP) is 5.17. The standard InChI is InChI=1S/C25H29FN4O2.2C2HF3O2/c1-28(2)17-19-10-8-14-30(19)16-18-9-4-5-11-20(18)21-15-27-29(3)25(31)24(21)32-23-13-7-6-12-22(23)26;2*3-2(4,5)1(6)7/h4-7,9,11-13,15,19H,8,10,14,16-17H2,1-3H3;2*(H,6,7). The number of para-hydroxylation sites is 1. The summed E-state index contributed by atoms with van der Waals surface area (Å²) in [5, 5.41) is 18.5. The van der Waals surface area contributed by atoms with Crippen molar-refractivity contribution in [2.24, 2.45) is 7.05 Å². The number of benzene rings is 2. The number of aromatic nitrogens is 2. The summed E-state index contributed by atoms with van der Waals surface area (Å²) < 4.78 is 84.8. The van der Waals surface area contributed by atoms with Crippen LogP contribution in [0.25, 0.3) is 11.1 Å². The topological polar surface area (TPSA) is 125 Å². The molecule has 4 rings (SSSR count). The van der Waals surface area contributed by atoms with Gasteiger partial charge in [-0.3, -0.25) is 9.69 Å². The van der Waals surface area contributed by atoms with Crippen LogP contribution in [-0.2, 0) is 23.2 Å². The molecule has 17 heteroatoms. The van der Waals surface area contributed by atoms with E-state index in [0.717, 1.165) is 30.8 Å². The molecular formula is C29H31F7N4O6. The molecule has 0 aliphatic carbocycles. The number of likely N-dealkylation sites (tertiary alicyclic amines) is 1. The van der Waals surface area contributed by atoms with Crippen LogP contribution >= 0.6 is 0 Å².